The van der Waals surface area contributed by atoms with E-state index < -0.39 is 0 Å². The Labute approximate surface area is 100 Å². The van der Waals surface area contributed by atoms with Crippen LogP contribution in [0.25, 0.3) is 21.7 Å². The van der Waals surface area contributed by atoms with E-state index in [2.05, 4.69) is 38.0 Å². The second-order valence-electron chi connectivity index (χ2n) is 3.59. The van der Waals surface area contributed by atoms with E-state index in [4.69, 9.17) is 5.73 Å². The molecule has 0 saturated carbocycles. The molecule has 3 rings (SSSR count). The van der Waals surface area contributed by atoms with Crippen LogP contribution in [-0.2, 0) is 0 Å². The molecule has 0 aliphatic rings. The van der Waals surface area contributed by atoms with E-state index in [1.165, 1.54) is 5.39 Å². The van der Waals surface area contributed by atoms with Crippen molar-refractivity contribution >= 4 is 43.6 Å². The third kappa shape index (κ3) is 1.42. The van der Waals surface area contributed by atoms with Gasteiger partial charge in [-0.05, 0) is 29.0 Å². The van der Waals surface area contributed by atoms with E-state index in [1.807, 2.05) is 18.2 Å². The molecule has 0 fully saturated rings. The third-order valence-corrected chi connectivity index (χ3v) is 3.06. The first kappa shape index (κ1) is 9.54. The summed E-state index contributed by atoms with van der Waals surface area (Å²) in [5.41, 5.74) is 6.44. The van der Waals surface area contributed by atoms with Gasteiger partial charge in [0.2, 0.25) is 5.95 Å². The number of halogens is 1. The summed E-state index contributed by atoms with van der Waals surface area (Å²) in [6, 6.07) is 10.2. The molecule has 0 spiro atoms. The van der Waals surface area contributed by atoms with Crippen LogP contribution in [0.1, 0.15) is 0 Å². The number of benzene rings is 2. The number of rotatable bonds is 0. The monoisotopic (exact) mass is 273 g/mol. The molecule has 0 radical (unpaired) electrons. The largest absolute Gasteiger partial charge is 0.368 e. The number of anilines is 1. The molecule has 4 heteroatoms. The van der Waals surface area contributed by atoms with Crippen molar-refractivity contribution in [3.8, 4) is 0 Å². The lowest BCUT2D eigenvalue weighted by molar-refractivity contribution is 1.24. The second kappa shape index (κ2) is 3.42. The highest BCUT2D eigenvalue weighted by Gasteiger charge is 2.03. The summed E-state index contributed by atoms with van der Waals surface area (Å²) in [5, 5.41) is 3.32. The Morgan fingerprint density at radius 2 is 1.88 bits per heavy atom. The molecule has 0 atom stereocenters. The van der Waals surface area contributed by atoms with Crippen molar-refractivity contribution in [2.24, 2.45) is 0 Å². The smallest absolute Gasteiger partial charge is 0.220 e. The Bertz CT molecular complexity index is 694. The maximum atomic E-state index is 5.57. The quantitative estimate of drug-likeness (QED) is 0.641. The van der Waals surface area contributed by atoms with Crippen molar-refractivity contribution in [3.05, 3.63) is 41.0 Å². The van der Waals surface area contributed by atoms with Gasteiger partial charge in [0, 0.05) is 16.1 Å². The van der Waals surface area contributed by atoms with Crippen LogP contribution in [-0.4, -0.2) is 9.97 Å². The van der Waals surface area contributed by atoms with Gasteiger partial charge >= 0.3 is 0 Å². The molecule has 0 aliphatic heterocycles. The molecule has 2 N–H and O–H groups in total. The fourth-order valence-electron chi connectivity index (χ4n) is 1.82. The highest BCUT2D eigenvalue weighted by atomic mass is 79.9. The van der Waals surface area contributed by atoms with Crippen molar-refractivity contribution in [3.63, 3.8) is 0 Å². The average molecular weight is 274 g/mol. The van der Waals surface area contributed by atoms with E-state index in [1.54, 1.807) is 6.20 Å². The van der Waals surface area contributed by atoms with Crippen LogP contribution < -0.4 is 5.73 Å². The first-order valence-electron chi connectivity index (χ1n) is 4.84. The van der Waals surface area contributed by atoms with Crippen molar-refractivity contribution in [2.75, 3.05) is 5.73 Å². The van der Waals surface area contributed by atoms with Gasteiger partial charge in [-0.2, -0.15) is 0 Å². The fraction of sp³-hybridized carbons (Fsp3) is 0. The summed E-state index contributed by atoms with van der Waals surface area (Å²) in [7, 11) is 0. The molecule has 0 amide bonds. The standard InChI is InChI=1S/C12H8BrN3/c13-8-3-1-7-2-4-11-10(9(7)5-8)6-15-12(14)16-11/h1-6H,(H2,14,15,16). The van der Waals surface area contributed by atoms with Gasteiger partial charge in [-0.15, -0.1) is 0 Å². The van der Waals surface area contributed by atoms with E-state index in [9.17, 15) is 0 Å². The zero-order valence-electron chi connectivity index (χ0n) is 8.31. The molecule has 2 aromatic carbocycles. The van der Waals surface area contributed by atoms with Crippen molar-refractivity contribution in [1.29, 1.82) is 0 Å². The minimum atomic E-state index is 0.307. The summed E-state index contributed by atoms with van der Waals surface area (Å²) in [6.45, 7) is 0. The Hall–Kier alpha value is -1.68. The zero-order valence-corrected chi connectivity index (χ0v) is 9.90. The zero-order chi connectivity index (χ0) is 11.1. The van der Waals surface area contributed by atoms with Crippen LogP contribution in [0.15, 0.2) is 41.0 Å². The number of nitrogen functional groups attached to an aromatic ring is 1. The maximum Gasteiger partial charge on any atom is 0.220 e. The minimum absolute atomic E-state index is 0.307. The van der Waals surface area contributed by atoms with Crippen LogP contribution in [0.4, 0.5) is 5.95 Å². The minimum Gasteiger partial charge on any atom is -0.368 e. The molecule has 1 aromatic heterocycles. The Kier molecular flexibility index (Phi) is 2.04. The van der Waals surface area contributed by atoms with Crippen molar-refractivity contribution in [1.82, 2.24) is 9.97 Å². The lowest BCUT2D eigenvalue weighted by Gasteiger charge is -2.03. The molecule has 78 valence electrons. The molecular formula is C12H8BrN3. The van der Waals surface area contributed by atoms with Crippen LogP contribution in [0, 0.1) is 0 Å². The SMILES string of the molecule is Nc1ncc2c(ccc3ccc(Br)cc32)n1. The summed E-state index contributed by atoms with van der Waals surface area (Å²) in [5.74, 6) is 0.307. The Balaban J connectivity index is 2.52. The van der Waals surface area contributed by atoms with Gasteiger partial charge in [0.05, 0.1) is 5.52 Å². The topological polar surface area (TPSA) is 51.8 Å². The Morgan fingerprint density at radius 3 is 2.75 bits per heavy atom. The summed E-state index contributed by atoms with van der Waals surface area (Å²) >= 11 is 3.47. The van der Waals surface area contributed by atoms with Crippen LogP contribution in [0.3, 0.4) is 0 Å². The van der Waals surface area contributed by atoms with Crippen molar-refractivity contribution < 1.29 is 0 Å². The summed E-state index contributed by atoms with van der Waals surface area (Å²) in [6.07, 6.45) is 1.77. The number of hydrogen-bond donors (Lipinski definition) is 1. The molecule has 16 heavy (non-hydrogen) atoms. The molecule has 3 aromatic rings. The van der Waals surface area contributed by atoms with Crippen LogP contribution in [0.2, 0.25) is 0 Å². The first-order valence-corrected chi connectivity index (χ1v) is 5.64. The molecule has 0 saturated heterocycles. The lowest BCUT2D eigenvalue weighted by atomic mass is 10.1. The first-order chi connectivity index (χ1) is 7.74. The van der Waals surface area contributed by atoms with Gasteiger partial charge in [0.1, 0.15) is 0 Å². The molecule has 1 heterocycles. The van der Waals surface area contributed by atoms with E-state index in [0.717, 1.165) is 20.8 Å². The van der Waals surface area contributed by atoms with Gasteiger partial charge < -0.3 is 5.73 Å². The number of hydrogen-bond acceptors (Lipinski definition) is 3. The molecule has 0 aliphatic carbocycles. The third-order valence-electron chi connectivity index (χ3n) is 2.56. The molecular weight excluding hydrogens is 266 g/mol. The highest BCUT2D eigenvalue weighted by molar-refractivity contribution is 9.10. The normalized spacial score (nSPS) is 11.1. The highest BCUT2D eigenvalue weighted by Crippen LogP contribution is 2.26. The Morgan fingerprint density at radius 1 is 1.06 bits per heavy atom. The second-order valence-corrected chi connectivity index (χ2v) is 4.51. The molecule has 0 bridgehead atoms. The summed E-state index contributed by atoms with van der Waals surface area (Å²) < 4.78 is 1.05. The van der Waals surface area contributed by atoms with Crippen LogP contribution >= 0.6 is 15.9 Å². The predicted molar refractivity (Wildman–Crippen MR) is 69.2 cm³/mol. The van der Waals surface area contributed by atoms with Gasteiger partial charge in [-0.25, -0.2) is 9.97 Å². The van der Waals surface area contributed by atoms with Gasteiger partial charge in [-0.1, -0.05) is 28.1 Å². The number of nitrogens with two attached hydrogens (primary N) is 1. The number of aromatic nitrogens is 2. The maximum absolute atomic E-state index is 5.57. The van der Waals surface area contributed by atoms with E-state index in [0.29, 0.717) is 5.95 Å². The van der Waals surface area contributed by atoms with Gasteiger partial charge in [-0.3, -0.25) is 0 Å². The average Bonchev–Trinajstić information content (AvgIpc) is 2.28. The molecule has 3 nitrogen and oxygen atoms in total. The van der Waals surface area contributed by atoms with Crippen LogP contribution in [0.5, 0.6) is 0 Å². The van der Waals surface area contributed by atoms with E-state index >= 15 is 0 Å². The lowest BCUT2D eigenvalue weighted by Crippen LogP contribution is -1.94. The number of nitrogens with zero attached hydrogens (tertiary/aromatic N) is 2. The fourth-order valence-corrected chi connectivity index (χ4v) is 2.18. The van der Waals surface area contributed by atoms with Crippen molar-refractivity contribution in [2.45, 2.75) is 0 Å². The predicted octanol–water partition coefficient (Wildman–Crippen LogP) is 3.13. The number of fused-ring (bicyclic) bond motifs is 3. The summed E-state index contributed by atoms with van der Waals surface area (Å²) in [4.78, 5) is 8.25. The van der Waals surface area contributed by atoms with Gasteiger partial charge in [0.15, 0.2) is 0 Å². The van der Waals surface area contributed by atoms with Gasteiger partial charge in [0.25, 0.3) is 0 Å². The van der Waals surface area contributed by atoms with E-state index in [-0.39, 0.29) is 0 Å². The molecule has 0 unspecified atom stereocenters.